The van der Waals surface area contributed by atoms with Gasteiger partial charge < -0.3 is 0 Å². The van der Waals surface area contributed by atoms with Gasteiger partial charge in [-0.15, -0.1) is 0 Å². The third-order valence-electron chi connectivity index (χ3n) is 1.09. The molecule has 0 saturated heterocycles. The highest BCUT2D eigenvalue weighted by Gasteiger charge is 1.90. The van der Waals surface area contributed by atoms with Crippen LogP contribution in [0.15, 0.2) is 36.5 Å². The van der Waals surface area contributed by atoms with E-state index in [-0.39, 0.29) is 0 Å². The van der Waals surface area contributed by atoms with E-state index in [2.05, 4.69) is 29.1 Å². The maximum absolute atomic E-state index is 3.83. The van der Waals surface area contributed by atoms with Crippen LogP contribution in [0.1, 0.15) is 6.92 Å². The third kappa shape index (κ3) is 3.31. The Kier molecular flexibility index (Phi) is 4.41. The summed E-state index contributed by atoms with van der Waals surface area (Å²) in [5.41, 5.74) is 2.29. The Hall–Kier alpha value is -0.300. The Labute approximate surface area is 65.1 Å². The van der Waals surface area contributed by atoms with Crippen molar-refractivity contribution < 1.29 is 0 Å². The zero-order valence-electron chi connectivity index (χ0n) is 5.65. The maximum Gasteiger partial charge on any atom is 0.0279 e. The van der Waals surface area contributed by atoms with E-state index in [4.69, 9.17) is 0 Å². The first-order chi connectivity index (χ1) is 4.22. The van der Waals surface area contributed by atoms with Crippen LogP contribution in [-0.2, 0) is 0 Å². The van der Waals surface area contributed by atoms with E-state index in [1.54, 1.807) is 6.08 Å². The van der Waals surface area contributed by atoms with Crippen LogP contribution < -0.4 is 0 Å². The lowest BCUT2D eigenvalue weighted by Crippen LogP contribution is -1.81. The number of rotatable bonds is 3. The van der Waals surface area contributed by atoms with Gasteiger partial charge in [-0.1, -0.05) is 41.2 Å². The number of hydrogen-bond donors (Lipinski definition) is 0. The molecule has 0 aliphatic carbocycles. The van der Waals surface area contributed by atoms with Crippen LogP contribution in [0.4, 0.5) is 0 Å². The average molecular weight is 187 g/mol. The van der Waals surface area contributed by atoms with E-state index in [1.165, 1.54) is 5.57 Å². The lowest BCUT2D eigenvalue weighted by molar-refractivity contribution is 1.39. The number of hydrogen-bond acceptors (Lipinski definition) is 0. The van der Waals surface area contributed by atoms with Gasteiger partial charge in [0.15, 0.2) is 0 Å². The van der Waals surface area contributed by atoms with Gasteiger partial charge >= 0.3 is 0 Å². The van der Waals surface area contributed by atoms with Crippen LogP contribution in [-0.4, -0.2) is 5.33 Å². The van der Waals surface area contributed by atoms with Gasteiger partial charge in [0.05, 0.1) is 0 Å². The van der Waals surface area contributed by atoms with Crippen molar-refractivity contribution in [2.24, 2.45) is 0 Å². The van der Waals surface area contributed by atoms with Gasteiger partial charge in [-0.2, -0.15) is 0 Å². The Bertz CT molecular complexity index is 143. The summed E-state index contributed by atoms with van der Waals surface area (Å²) >= 11 is 3.31. The first-order valence-electron chi connectivity index (χ1n) is 2.75. The van der Waals surface area contributed by atoms with Crippen LogP contribution in [0.3, 0.4) is 0 Å². The smallest absolute Gasteiger partial charge is 0.0279 e. The van der Waals surface area contributed by atoms with E-state index < -0.39 is 0 Å². The summed E-state index contributed by atoms with van der Waals surface area (Å²) in [4.78, 5) is 0. The normalized spacial score (nSPS) is 11.1. The minimum atomic E-state index is 0.836. The largest absolute Gasteiger partial charge is 0.0991 e. The molecule has 0 bridgehead atoms. The molecule has 0 aromatic carbocycles. The Balaban J connectivity index is 4.01. The molecule has 0 radical (unpaired) electrons. The van der Waals surface area contributed by atoms with Crippen molar-refractivity contribution in [3.63, 3.8) is 0 Å². The molecule has 0 saturated carbocycles. The van der Waals surface area contributed by atoms with Gasteiger partial charge in [0.25, 0.3) is 0 Å². The zero-order chi connectivity index (χ0) is 7.28. The molecule has 0 fully saturated rings. The summed E-state index contributed by atoms with van der Waals surface area (Å²) in [6.07, 6.45) is 3.72. The summed E-state index contributed by atoms with van der Waals surface area (Å²) in [5.74, 6) is 0. The minimum absolute atomic E-state index is 0.836. The first kappa shape index (κ1) is 8.70. The van der Waals surface area contributed by atoms with Gasteiger partial charge in [-0.05, 0) is 18.1 Å². The van der Waals surface area contributed by atoms with Crippen LogP contribution in [0.2, 0.25) is 0 Å². The molecule has 0 aliphatic rings. The lowest BCUT2D eigenvalue weighted by Gasteiger charge is -1.97. The molecule has 0 spiro atoms. The van der Waals surface area contributed by atoms with Crippen LogP contribution in [0, 0.1) is 0 Å². The second-order valence-electron chi connectivity index (χ2n) is 1.82. The fourth-order valence-corrected chi connectivity index (χ4v) is 0.842. The van der Waals surface area contributed by atoms with Crippen LogP contribution in [0.25, 0.3) is 0 Å². The number of alkyl halides is 1. The monoisotopic (exact) mass is 186 g/mol. The van der Waals surface area contributed by atoms with Crippen molar-refractivity contribution >= 4 is 15.9 Å². The Morgan fingerprint density at radius 3 is 2.56 bits per heavy atom. The molecule has 0 amide bonds. The fraction of sp³-hybridized carbons (Fsp3) is 0.250. The fourth-order valence-electron chi connectivity index (χ4n) is 0.400. The van der Waals surface area contributed by atoms with Crippen molar-refractivity contribution in [1.29, 1.82) is 0 Å². The summed E-state index contributed by atoms with van der Waals surface area (Å²) in [5, 5.41) is 0.836. The molecule has 0 unspecified atom stereocenters. The molecule has 9 heavy (non-hydrogen) atoms. The van der Waals surface area contributed by atoms with E-state index in [1.807, 2.05) is 13.0 Å². The topological polar surface area (TPSA) is 0 Å². The lowest BCUT2D eigenvalue weighted by atomic mass is 10.1. The van der Waals surface area contributed by atoms with Gasteiger partial charge in [0, 0.05) is 5.33 Å². The van der Waals surface area contributed by atoms with Gasteiger partial charge in [0.2, 0.25) is 0 Å². The molecular weight excluding hydrogens is 176 g/mol. The molecule has 0 aromatic heterocycles. The second-order valence-corrected chi connectivity index (χ2v) is 2.38. The summed E-state index contributed by atoms with van der Waals surface area (Å²) in [6, 6.07) is 0. The van der Waals surface area contributed by atoms with Crippen LogP contribution >= 0.6 is 15.9 Å². The van der Waals surface area contributed by atoms with Crippen molar-refractivity contribution in [1.82, 2.24) is 0 Å². The standard InChI is InChI=1S/C8H11Br/c1-4-5-7(2)8(3)6-9/h4-5H,1,3,6H2,2H3/b7-5+. The number of halogens is 1. The predicted octanol–water partition coefficient (Wildman–Crippen LogP) is 3.07. The summed E-state index contributed by atoms with van der Waals surface area (Å²) in [6.45, 7) is 9.43. The SMILES string of the molecule is C=C/C=C(\C)C(=C)CBr. The molecule has 0 rings (SSSR count). The first-order valence-corrected chi connectivity index (χ1v) is 3.88. The Morgan fingerprint density at radius 1 is 1.67 bits per heavy atom. The second kappa shape index (κ2) is 4.57. The molecule has 0 heterocycles. The summed E-state index contributed by atoms with van der Waals surface area (Å²) < 4.78 is 0. The minimum Gasteiger partial charge on any atom is -0.0991 e. The summed E-state index contributed by atoms with van der Waals surface area (Å²) in [7, 11) is 0. The van der Waals surface area contributed by atoms with Crippen molar-refractivity contribution in [2.75, 3.05) is 5.33 Å². The quantitative estimate of drug-likeness (QED) is 0.470. The zero-order valence-corrected chi connectivity index (χ0v) is 7.24. The van der Waals surface area contributed by atoms with E-state index in [9.17, 15) is 0 Å². The maximum atomic E-state index is 3.83. The van der Waals surface area contributed by atoms with Gasteiger partial charge in [-0.3, -0.25) is 0 Å². The van der Waals surface area contributed by atoms with Gasteiger partial charge in [0.1, 0.15) is 0 Å². The molecule has 0 aromatic rings. The highest BCUT2D eigenvalue weighted by Crippen LogP contribution is 2.08. The highest BCUT2D eigenvalue weighted by molar-refractivity contribution is 9.09. The van der Waals surface area contributed by atoms with Gasteiger partial charge in [-0.25, -0.2) is 0 Å². The molecule has 0 atom stereocenters. The highest BCUT2D eigenvalue weighted by atomic mass is 79.9. The van der Waals surface area contributed by atoms with E-state index >= 15 is 0 Å². The van der Waals surface area contributed by atoms with E-state index in [0.717, 1.165) is 10.9 Å². The molecule has 1 heteroatoms. The molecule has 0 aliphatic heterocycles. The molecular formula is C8H11Br. The van der Waals surface area contributed by atoms with Crippen molar-refractivity contribution in [2.45, 2.75) is 6.92 Å². The van der Waals surface area contributed by atoms with E-state index in [0.29, 0.717) is 0 Å². The molecule has 50 valence electrons. The average Bonchev–Trinajstić information content (AvgIpc) is 1.87. The van der Waals surface area contributed by atoms with Crippen molar-refractivity contribution in [3.05, 3.63) is 36.5 Å². The number of allylic oxidation sites excluding steroid dienone is 4. The van der Waals surface area contributed by atoms with Crippen molar-refractivity contribution in [3.8, 4) is 0 Å². The Morgan fingerprint density at radius 2 is 2.22 bits per heavy atom. The van der Waals surface area contributed by atoms with Crippen LogP contribution in [0.5, 0.6) is 0 Å². The third-order valence-corrected chi connectivity index (χ3v) is 1.76. The predicted molar refractivity (Wildman–Crippen MR) is 46.9 cm³/mol. The molecule has 0 N–H and O–H groups in total. The molecule has 0 nitrogen and oxygen atoms in total.